The van der Waals surface area contributed by atoms with Crippen LogP contribution in [-0.4, -0.2) is 0 Å². The summed E-state index contributed by atoms with van der Waals surface area (Å²) in [4.78, 5) is 4.84. The number of hydrogen-bond donors (Lipinski definition) is 0. The van der Waals surface area contributed by atoms with Crippen LogP contribution in [0.2, 0.25) is 5.02 Å². The molecule has 0 N–H and O–H groups in total. The van der Waals surface area contributed by atoms with Gasteiger partial charge in [-0.1, -0.05) is 94.9 Å². The van der Waals surface area contributed by atoms with Crippen LogP contribution in [0.4, 0.5) is 17.1 Å². The van der Waals surface area contributed by atoms with Crippen molar-refractivity contribution >= 4 is 46.5 Å². The predicted octanol–water partition coefficient (Wildman–Crippen LogP) is 9.53. The SMILES string of the molecule is C=Cc1cc(Cl)cc(N2c3ccccc3Sc3ccccc32)c1CC.CC.CC. The molecule has 0 bridgehead atoms. The van der Waals surface area contributed by atoms with Crippen molar-refractivity contribution in [3.05, 3.63) is 83.4 Å². The Bertz CT molecular complexity index is 919. The monoisotopic (exact) mass is 423 g/mol. The van der Waals surface area contributed by atoms with Crippen molar-refractivity contribution in [3.63, 3.8) is 0 Å². The average Bonchev–Trinajstić information content (AvgIpc) is 2.79. The third-order valence-electron chi connectivity index (χ3n) is 4.47. The zero-order valence-corrected chi connectivity index (χ0v) is 19.6. The third-order valence-corrected chi connectivity index (χ3v) is 5.82. The maximum Gasteiger partial charge on any atom is 0.0601 e. The van der Waals surface area contributed by atoms with E-state index in [-0.39, 0.29) is 0 Å². The second-order valence-electron chi connectivity index (χ2n) is 5.92. The van der Waals surface area contributed by atoms with Gasteiger partial charge in [-0.05, 0) is 53.9 Å². The molecule has 152 valence electrons. The van der Waals surface area contributed by atoms with Crippen molar-refractivity contribution in [2.45, 2.75) is 50.8 Å². The Morgan fingerprint density at radius 3 is 1.86 bits per heavy atom. The summed E-state index contributed by atoms with van der Waals surface area (Å²) in [6.07, 6.45) is 2.81. The molecule has 4 rings (SSSR count). The molecule has 0 aliphatic carbocycles. The first kappa shape index (κ1) is 23.1. The van der Waals surface area contributed by atoms with E-state index in [1.54, 1.807) is 0 Å². The highest BCUT2D eigenvalue weighted by atomic mass is 35.5. The second kappa shape index (κ2) is 11.1. The lowest BCUT2D eigenvalue weighted by molar-refractivity contribution is 1.09. The summed E-state index contributed by atoms with van der Waals surface area (Å²) in [5.41, 5.74) is 5.87. The fourth-order valence-corrected chi connectivity index (χ4v) is 4.65. The van der Waals surface area contributed by atoms with Gasteiger partial charge in [-0.25, -0.2) is 0 Å². The molecule has 3 aromatic rings. The van der Waals surface area contributed by atoms with Gasteiger partial charge in [-0.2, -0.15) is 0 Å². The molecule has 0 unspecified atom stereocenters. The maximum atomic E-state index is 6.45. The number of rotatable bonds is 3. The lowest BCUT2D eigenvalue weighted by atomic mass is 10.0. The molecule has 29 heavy (non-hydrogen) atoms. The van der Waals surface area contributed by atoms with Gasteiger partial charge in [-0.15, -0.1) is 0 Å². The van der Waals surface area contributed by atoms with E-state index in [2.05, 4.69) is 73.0 Å². The number of anilines is 3. The predicted molar refractivity (Wildman–Crippen MR) is 132 cm³/mol. The normalized spacial score (nSPS) is 11.2. The summed E-state index contributed by atoms with van der Waals surface area (Å²) in [6, 6.07) is 21.1. The first-order chi connectivity index (χ1) is 14.2. The molecule has 0 spiro atoms. The zero-order valence-electron chi connectivity index (χ0n) is 18.0. The Morgan fingerprint density at radius 1 is 0.862 bits per heavy atom. The standard InChI is InChI=1S/C22H18ClNS.2C2H6/c1-3-15-13-16(23)14-20(17(15)4-2)24-18-9-5-7-11-21(18)25-22-12-8-6-10-19(22)24;2*1-2/h3,5-14H,1,4H2,2H3;2*1-2H3. The van der Waals surface area contributed by atoms with Gasteiger partial charge in [0.25, 0.3) is 0 Å². The summed E-state index contributed by atoms with van der Waals surface area (Å²) in [6.45, 7) is 14.2. The van der Waals surface area contributed by atoms with Gasteiger partial charge in [0.15, 0.2) is 0 Å². The molecule has 0 fully saturated rings. The van der Waals surface area contributed by atoms with Crippen LogP contribution in [-0.2, 0) is 6.42 Å². The molecule has 0 aromatic heterocycles. The van der Waals surface area contributed by atoms with E-state index in [0.29, 0.717) is 0 Å². The van der Waals surface area contributed by atoms with Gasteiger partial charge in [0.2, 0.25) is 0 Å². The number of fused-ring (bicyclic) bond motifs is 2. The molecule has 0 saturated heterocycles. The van der Waals surface area contributed by atoms with Gasteiger partial charge in [0, 0.05) is 14.8 Å². The Labute approximate surface area is 185 Å². The molecule has 3 aromatic carbocycles. The molecule has 1 heterocycles. The number of para-hydroxylation sites is 2. The summed E-state index contributed by atoms with van der Waals surface area (Å²) < 4.78 is 0. The minimum atomic E-state index is 0.732. The zero-order chi connectivity index (χ0) is 21.4. The Morgan fingerprint density at radius 2 is 1.38 bits per heavy atom. The van der Waals surface area contributed by atoms with Crippen LogP contribution in [0, 0.1) is 0 Å². The minimum absolute atomic E-state index is 0.732. The highest BCUT2D eigenvalue weighted by Gasteiger charge is 2.26. The summed E-state index contributed by atoms with van der Waals surface area (Å²) in [5.74, 6) is 0. The topological polar surface area (TPSA) is 3.24 Å². The van der Waals surface area contributed by atoms with Gasteiger partial charge < -0.3 is 4.90 Å². The summed E-state index contributed by atoms with van der Waals surface area (Å²) in [5, 5.41) is 0.732. The van der Waals surface area contributed by atoms with Crippen LogP contribution in [0.3, 0.4) is 0 Å². The summed E-state index contributed by atoms with van der Waals surface area (Å²) >= 11 is 8.27. The van der Waals surface area contributed by atoms with Crippen molar-refractivity contribution in [2.75, 3.05) is 4.90 Å². The van der Waals surface area contributed by atoms with Crippen LogP contribution >= 0.6 is 23.4 Å². The van der Waals surface area contributed by atoms with Crippen molar-refractivity contribution in [3.8, 4) is 0 Å². The molecule has 0 atom stereocenters. The molecule has 3 heteroatoms. The second-order valence-corrected chi connectivity index (χ2v) is 7.44. The van der Waals surface area contributed by atoms with E-state index in [9.17, 15) is 0 Å². The lowest BCUT2D eigenvalue weighted by Gasteiger charge is -2.34. The first-order valence-corrected chi connectivity index (χ1v) is 11.5. The van der Waals surface area contributed by atoms with Crippen LogP contribution < -0.4 is 4.90 Å². The molecular formula is C26H30ClNS. The Hall–Kier alpha value is -2.16. The molecule has 1 nitrogen and oxygen atoms in total. The molecule has 0 radical (unpaired) electrons. The molecule has 0 saturated carbocycles. The number of benzene rings is 3. The van der Waals surface area contributed by atoms with Crippen LogP contribution in [0.5, 0.6) is 0 Å². The fourth-order valence-electron chi connectivity index (χ4n) is 3.37. The molecule has 1 aliphatic rings. The number of hydrogen-bond acceptors (Lipinski definition) is 2. The van der Waals surface area contributed by atoms with Crippen molar-refractivity contribution in [2.24, 2.45) is 0 Å². The third kappa shape index (κ3) is 4.71. The largest absolute Gasteiger partial charge is 0.308 e. The quantitative estimate of drug-likeness (QED) is 0.322. The van der Waals surface area contributed by atoms with E-state index in [4.69, 9.17) is 11.6 Å². The number of nitrogens with zero attached hydrogens (tertiary/aromatic N) is 1. The molecule has 0 amide bonds. The minimum Gasteiger partial charge on any atom is -0.308 e. The van der Waals surface area contributed by atoms with Gasteiger partial charge in [-0.3, -0.25) is 0 Å². The highest BCUT2D eigenvalue weighted by molar-refractivity contribution is 7.99. The van der Waals surface area contributed by atoms with Gasteiger partial charge in [0.1, 0.15) is 0 Å². The van der Waals surface area contributed by atoms with Gasteiger partial charge >= 0.3 is 0 Å². The van der Waals surface area contributed by atoms with E-state index in [1.807, 2.05) is 51.6 Å². The van der Waals surface area contributed by atoms with Crippen LogP contribution in [0.25, 0.3) is 6.08 Å². The molecular weight excluding hydrogens is 394 g/mol. The van der Waals surface area contributed by atoms with E-state index in [0.717, 1.165) is 22.7 Å². The summed E-state index contributed by atoms with van der Waals surface area (Å²) in [7, 11) is 0. The van der Waals surface area contributed by atoms with E-state index < -0.39 is 0 Å². The molecule has 1 aliphatic heterocycles. The highest BCUT2D eigenvalue weighted by Crippen LogP contribution is 2.52. The number of halogens is 1. The van der Waals surface area contributed by atoms with E-state index in [1.165, 1.54) is 26.7 Å². The van der Waals surface area contributed by atoms with Crippen LogP contribution in [0.15, 0.2) is 77.0 Å². The smallest absolute Gasteiger partial charge is 0.0601 e. The van der Waals surface area contributed by atoms with Crippen molar-refractivity contribution < 1.29 is 0 Å². The van der Waals surface area contributed by atoms with Crippen molar-refractivity contribution in [1.29, 1.82) is 0 Å². The fraction of sp³-hybridized carbons (Fsp3) is 0.231. The maximum absolute atomic E-state index is 6.45. The lowest BCUT2D eigenvalue weighted by Crippen LogP contribution is -2.16. The Balaban J connectivity index is 0.000000707. The first-order valence-electron chi connectivity index (χ1n) is 10.3. The van der Waals surface area contributed by atoms with Crippen molar-refractivity contribution in [1.82, 2.24) is 0 Å². The van der Waals surface area contributed by atoms with Gasteiger partial charge in [0.05, 0.1) is 17.1 Å². The Kier molecular flexibility index (Phi) is 8.88. The van der Waals surface area contributed by atoms with Crippen LogP contribution in [0.1, 0.15) is 45.7 Å². The van der Waals surface area contributed by atoms with E-state index >= 15 is 0 Å². The average molecular weight is 424 g/mol.